The zero-order chi connectivity index (χ0) is 19.2. The second kappa shape index (κ2) is 6.30. The fourth-order valence-electron chi connectivity index (χ4n) is 2.60. The fraction of sp³-hybridized carbons (Fsp3) is 0.176. The predicted molar refractivity (Wildman–Crippen MR) is 98.6 cm³/mol. The van der Waals surface area contributed by atoms with Gasteiger partial charge in [0.1, 0.15) is 5.56 Å². The maximum absolute atomic E-state index is 12.7. The highest BCUT2D eigenvalue weighted by Gasteiger charge is 2.30. The van der Waals surface area contributed by atoms with Crippen LogP contribution in [0.25, 0.3) is 6.08 Å². The number of hydrogen-bond acceptors (Lipinski definition) is 5. The Balaban J connectivity index is 2.13. The number of nitrogens with zero attached hydrogens (tertiary/aromatic N) is 4. The fourth-order valence-corrected chi connectivity index (χ4v) is 2.78. The molecule has 0 aliphatic carbocycles. The van der Waals surface area contributed by atoms with Gasteiger partial charge in [0.15, 0.2) is 0 Å². The minimum atomic E-state index is -0.708. The largest absolute Gasteiger partial charge is 0.494 e. The number of carbonyl (C=O) groups excluding carboxylic acids is 1. The molecule has 0 saturated carbocycles. The molecule has 1 aromatic heterocycles. The second-order valence-electron chi connectivity index (χ2n) is 5.78. The van der Waals surface area contributed by atoms with Crippen molar-refractivity contribution >= 4 is 35.0 Å². The third-order valence-corrected chi connectivity index (χ3v) is 4.31. The normalized spacial score (nSPS) is 15.7. The van der Waals surface area contributed by atoms with Crippen LogP contribution in [0.2, 0.25) is 5.02 Å². The van der Waals surface area contributed by atoms with Gasteiger partial charge in [-0.25, -0.2) is 4.79 Å². The average Bonchev–Trinajstić information content (AvgIpc) is 2.89. The summed E-state index contributed by atoms with van der Waals surface area (Å²) in [5, 5.41) is 16.0. The summed E-state index contributed by atoms with van der Waals surface area (Å²) in [6.45, 7) is 1.61. The summed E-state index contributed by atoms with van der Waals surface area (Å²) in [5.41, 5.74) is -0.567. The Bertz CT molecular complexity index is 1110. The van der Waals surface area contributed by atoms with Crippen molar-refractivity contribution in [2.24, 2.45) is 19.2 Å². The second-order valence-corrected chi connectivity index (χ2v) is 6.22. The van der Waals surface area contributed by atoms with Crippen molar-refractivity contribution < 1.29 is 9.90 Å². The highest BCUT2D eigenvalue weighted by molar-refractivity contribution is 6.33. The minimum absolute atomic E-state index is 0.135. The summed E-state index contributed by atoms with van der Waals surface area (Å²) in [7, 11) is 2.62. The lowest BCUT2D eigenvalue weighted by Gasteiger charge is -2.12. The molecule has 0 bridgehead atoms. The van der Waals surface area contributed by atoms with Crippen molar-refractivity contribution in [2.45, 2.75) is 6.92 Å². The van der Waals surface area contributed by atoms with Gasteiger partial charge in [0.25, 0.3) is 11.5 Å². The van der Waals surface area contributed by atoms with Gasteiger partial charge in [0, 0.05) is 19.1 Å². The van der Waals surface area contributed by atoms with Gasteiger partial charge >= 0.3 is 5.69 Å². The van der Waals surface area contributed by atoms with Crippen molar-refractivity contribution in [3.8, 4) is 5.88 Å². The Hall–Kier alpha value is -3.13. The molecule has 1 N–H and O–H groups in total. The third-order valence-electron chi connectivity index (χ3n) is 4.07. The SMILES string of the molecule is CC1=NN(c2cccc(Cl)c2)C(=O)/C1=C\c1c(O)n(C)c(=O)n(C)c1=O. The summed E-state index contributed by atoms with van der Waals surface area (Å²) in [6, 6.07) is 6.62. The summed E-state index contributed by atoms with van der Waals surface area (Å²) in [5.74, 6) is -0.993. The minimum Gasteiger partial charge on any atom is -0.494 e. The van der Waals surface area contributed by atoms with E-state index in [-0.39, 0.29) is 11.1 Å². The van der Waals surface area contributed by atoms with Crippen LogP contribution in [0.3, 0.4) is 0 Å². The van der Waals surface area contributed by atoms with Crippen molar-refractivity contribution in [3.63, 3.8) is 0 Å². The molecule has 0 radical (unpaired) electrons. The van der Waals surface area contributed by atoms with E-state index in [2.05, 4.69) is 5.10 Å². The first kappa shape index (κ1) is 17.7. The molecule has 0 fully saturated rings. The summed E-state index contributed by atoms with van der Waals surface area (Å²) >= 11 is 5.95. The molecule has 0 saturated heterocycles. The number of anilines is 1. The van der Waals surface area contributed by atoms with Crippen LogP contribution in [0.15, 0.2) is 44.5 Å². The molecule has 0 unspecified atom stereocenters. The highest BCUT2D eigenvalue weighted by atomic mass is 35.5. The number of aromatic hydroxyl groups is 1. The molecule has 26 heavy (non-hydrogen) atoms. The molecule has 0 atom stereocenters. The highest BCUT2D eigenvalue weighted by Crippen LogP contribution is 2.27. The Morgan fingerprint density at radius 1 is 1.15 bits per heavy atom. The first-order chi connectivity index (χ1) is 12.2. The number of amides is 1. The predicted octanol–water partition coefficient (Wildman–Crippen LogP) is 1.25. The van der Waals surface area contributed by atoms with Gasteiger partial charge < -0.3 is 5.11 Å². The Morgan fingerprint density at radius 2 is 1.85 bits per heavy atom. The topological polar surface area (TPSA) is 96.9 Å². The molecule has 8 nitrogen and oxygen atoms in total. The molecular weight excluding hydrogens is 360 g/mol. The van der Waals surface area contributed by atoms with Gasteiger partial charge in [0.05, 0.1) is 17.0 Å². The Kier molecular flexibility index (Phi) is 4.29. The number of halogens is 1. The van der Waals surface area contributed by atoms with E-state index in [0.717, 1.165) is 14.1 Å². The molecule has 1 amide bonds. The molecule has 9 heteroatoms. The lowest BCUT2D eigenvalue weighted by atomic mass is 10.1. The number of hydrogen-bond donors (Lipinski definition) is 1. The van der Waals surface area contributed by atoms with Crippen LogP contribution in [-0.4, -0.2) is 25.9 Å². The zero-order valence-corrected chi connectivity index (χ0v) is 15.0. The van der Waals surface area contributed by atoms with Crippen LogP contribution in [0.5, 0.6) is 5.88 Å². The monoisotopic (exact) mass is 374 g/mol. The average molecular weight is 375 g/mol. The summed E-state index contributed by atoms with van der Waals surface area (Å²) < 4.78 is 1.78. The van der Waals surface area contributed by atoms with Crippen LogP contribution >= 0.6 is 11.6 Å². The summed E-state index contributed by atoms with van der Waals surface area (Å²) in [4.78, 5) is 36.9. The van der Waals surface area contributed by atoms with Crippen molar-refractivity contribution in [3.05, 3.63) is 61.3 Å². The number of carbonyl (C=O) groups is 1. The van der Waals surface area contributed by atoms with Gasteiger partial charge in [-0.1, -0.05) is 17.7 Å². The lowest BCUT2D eigenvalue weighted by molar-refractivity contribution is -0.114. The van der Waals surface area contributed by atoms with Crippen LogP contribution in [0.4, 0.5) is 5.69 Å². The van der Waals surface area contributed by atoms with E-state index in [1.54, 1.807) is 31.2 Å². The van der Waals surface area contributed by atoms with Gasteiger partial charge in [-0.3, -0.25) is 18.7 Å². The molecule has 1 aliphatic rings. The quantitative estimate of drug-likeness (QED) is 0.800. The van der Waals surface area contributed by atoms with E-state index in [9.17, 15) is 19.5 Å². The number of benzene rings is 1. The molecule has 2 aromatic rings. The van der Waals surface area contributed by atoms with Crippen LogP contribution in [0.1, 0.15) is 12.5 Å². The van der Waals surface area contributed by atoms with E-state index in [1.165, 1.54) is 20.2 Å². The first-order valence-electron chi connectivity index (χ1n) is 7.58. The van der Waals surface area contributed by atoms with Gasteiger partial charge in [-0.2, -0.15) is 10.1 Å². The third kappa shape index (κ3) is 2.74. The van der Waals surface area contributed by atoms with Crippen molar-refractivity contribution in [1.29, 1.82) is 0 Å². The van der Waals surface area contributed by atoms with Crippen molar-refractivity contribution in [2.75, 3.05) is 5.01 Å². The van der Waals surface area contributed by atoms with Gasteiger partial charge in [-0.15, -0.1) is 0 Å². The lowest BCUT2D eigenvalue weighted by Crippen LogP contribution is -2.38. The Morgan fingerprint density at radius 3 is 2.50 bits per heavy atom. The van der Waals surface area contributed by atoms with E-state index in [4.69, 9.17) is 11.6 Å². The van der Waals surface area contributed by atoms with E-state index < -0.39 is 23.0 Å². The molecule has 0 spiro atoms. The number of aromatic nitrogens is 2. The number of rotatable bonds is 2. The maximum atomic E-state index is 12.7. The van der Waals surface area contributed by atoms with Crippen molar-refractivity contribution in [1.82, 2.24) is 9.13 Å². The van der Waals surface area contributed by atoms with Crippen LogP contribution in [0, 0.1) is 0 Å². The van der Waals surface area contributed by atoms with E-state index >= 15 is 0 Å². The molecular formula is C17H15ClN4O4. The molecule has 1 aliphatic heterocycles. The van der Waals surface area contributed by atoms with Gasteiger partial charge in [0.2, 0.25) is 5.88 Å². The van der Waals surface area contributed by atoms with E-state index in [1.807, 2.05) is 0 Å². The summed E-state index contributed by atoms with van der Waals surface area (Å²) in [6.07, 6.45) is 1.24. The van der Waals surface area contributed by atoms with Crippen LogP contribution < -0.4 is 16.3 Å². The molecule has 134 valence electrons. The van der Waals surface area contributed by atoms with Gasteiger partial charge in [-0.05, 0) is 31.2 Å². The van der Waals surface area contributed by atoms with E-state index in [0.29, 0.717) is 16.4 Å². The maximum Gasteiger partial charge on any atom is 0.333 e. The molecule has 1 aromatic carbocycles. The smallest absolute Gasteiger partial charge is 0.333 e. The zero-order valence-electron chi connectivity index (χ0n) is 14.2. The number of hydrazone groups is 1. The van der Waals surface area contributed by atoms with Crippen LogP contribution in [-0.2, 0) is 18.9 Å². The standard InChI is InChI=1S/C17H15ClN4O4/c1-9-12(8-13-14(23)20(2)17(26)21(3)15(13)24)16(25)22(19-9)11-6-4-5-10(18)7-11/h4-8,23H,1-3H3/b12-8-. The Labute approximate surface area is 152 Å². The molecule has 2 heterocycles. The first-order valence-corrected chi connectivity index (χ1v) is 7.96. The molecule has 3 rings (SSSR count).